The van der Waals surface area contributed by atoms with Crippen LogP contribution in [0.15, 0.2) is 33.5 Å². The van der Waals surface area contributed by atoms with E-state index in [2.05, 4.69) is 0 Å². The Morgan fingerprint density at radius 2 is 1.44 bits per heavy atom. The van der Waals surface area contributed by atoms with Gasteiger partial charge in [-0.15, -0.1) is 0 Å². The van der Waals surface area contributed by atoms with Gasteiger partial charge in [-0.25, -0.2) is 0 Å². The summed E-state index contributed by atoms with van der Waals surface area (Å²) in [5.74, 6) is -3.21. The number of fused-ring (bicyclic) bond motifs is 1. The second kappa shape index (κ2) is 10.7. The monoisotopic (exact) mass is 580 g/mol. The lowest BCUT2D eigenvalue weighted by Crippen LogP contribution is -2.55. The van der Waals surface area contributed by atoms with Crippen LogP contribution >= 0.6 is 0 Å². The van der Waals surface area contributed by atoms with Crippen LogP contribution in [-0.4, -0.2) is 112 Å². The molecular weight excluding hydrogens is 552 g/mol. The third-order valence-electron chi connectivity index (χ3n) is 7.42. The summed E-state index contributed by atoms with van der Waals surface area (Å²) < 4.78 is 16.8. The van der Waals surface area contributed by atoms with Crippen molar-refractivity contribution in [2.24, 2.45) is 0 Å². The molecule has 2 aliphatic heterocycles. The summed E-state index contributed by atoms with van der Waals surface area (Å²) in [6, 6.07) is 4.34. The highest BCUT2D eigenvalue weighted by Crippen LogP contribution is 2.50. The molecule has 9 atom stereocenters. The van der Waals surface area contributed by atoms with E-state index in [0.717, 1.165) is 18.2 Å². The first kappa shape index (κ1) is 29.0. The quantitative estimate of drug-likeness (QED) is 0.148. The van der Waals surface area contributed by atoms with Crippen molar-refractivity contribution < 1.29 is 70.1 Å². The lowest BCUT2D eigenvalue weighted by molar-refractivity contribution is -0.231. The lowest BCUT2D eigenvalue weighted by atomic mass is 9.85. The number of rotatable bonds is 4. The van der Waals surface area contributed by atoms with Gasteiger partial charge < -0.3 is 70.1 Å². The van der Waals surface area contributed by atoms with Crippen LogP contribution in [0.5, 0.6) is 23.0 Å². The molecule has 2 aliphatic rings. The standard InChI is InChI=1S/C26H28O15/c27-5-13-18(33)21(36)23(38)26(41-13)16-20(35)15(25-22(37)17(32)11(31)6-39-25)19(34)14-10(30)4-12(40-24(14)16)7-1-2-8(28)9(29)3-7/h1-4,11,13,17-18,21-23,25-29,31-38H,5-6H2/t11-,13?,17-,18+,21-,22?,23?,25-,26-/m0/s1. The maximum Gasteiger partial charge on any atom is 0.197 e. The molecule has 5 rings (SSSR count). The Kier molecular flexibility index (Phi) is 7.58. The molecule has 3 aromatic rings. The molecule has 11 N–H and O–H groups in total. The number of hydrogen-bond acceptors (Lipinski definition) is 15. The Morgan fingerprint density at radius 1 is 0.756 bits per heavy atom. The molecule has 2 aromatic carbocycles. The average molecular weight is 580 g/mol. The lowest BCUT2D eigenvalue weighted by Gasteiger charge is -2.41. The molecule has 15 heteroatoms. The van der Waals surface area contributed by atoms with Gasteiger partial charge in [0.15, 0.2) is 22.5 Å². The molecule has 2 fully saturated rings. The van der Waals surface area contributed by atoms with Gasteiger partial charge in [0.25, 0.3) is 0 Å². The summed E-state index contributed by atoms with van der Waals surface area (Å²) >= 11 is 0. The van der Waals surface area contributed by atoms with Crippen LogP contribution in [0, 0.1) is 0 Å². The number of ether oxygens (including phenoxy) is 2. The van der Waals surface area contributed by atoms with Gasteiger partial charge in [0.2, 0.25) is 0 Å². The Morgan fingerprint density at radius 3 is 2.10 bits per heavy atom. The summed E-state index contributed by atoms with van der Waals surface area (Å²) in [7, 11) is 0. The highest BCUT2D eigenvalue weighted by atomic mass is 16.5. The van der Waals surface area contributed by atoms with Crippen LogP contribution < -0.4 is 5.43 Å². The van der Waals surface area contributed by atoms with Crippen molar-refractivity contribution in [2.45, 2.75) is 54.9 Å². The summed E-state index contributed by atoms with van der Waals surface area (Å²) in [5, 5.41) is 114. The van der Waals surface area contributed by atoms with E-state index in [-0.39, 0.29) is 11.3 Å². The SMILES string of the molecule is O=c1cc(-c2ccc(O)c(O)c2)oc2c([C@@H]3OC(CO)[C@@H](O)[C@H](O)C3O)c(O)c([C@@H]3OC[C@H](O)[C@H](O)C3O)c(O)c12. The van der Waals surface area contributed by atoms with Crippen LogP contribution in [-0.2, 0) is 9.47 Å². The summed E-state index contributed by atoms with van der Waals surface area (Å²) in [6.07, 6.45) is -16.0. The zero-order chi connectivity index (χ0) is 29.9. The van der Waals surface area contributed by atoms with Crippen LogP contribution in [0.2, 0.25) is 0 Å². The first-order valence-corrected chi connectivity index (χ1v) is 12.4. The van der Waals surface area contributed by atoms with Gasteiger partial charge in [0, 0.05) is 11.6 Å². The zero-order valence-corrected chi connectivity index (χ0v) is 21.0. The Balaban J connectivity index is 1.82. The molecule has 222 valence electrons. The smallest absolute Gasteiger partial charge is 0.197 e. The molecule has 0 saturated carbocycles. The fraction of sp³-hybridized carbons (Fsp3) is 0.423. The molecule has 0 bridgehead atoms. The van der Waals surface area contributed by atoms with Gasteiger partial charge in [0.1, 0.15) is 77.6 Å². The van der Waals surface area contributed by atoms with Crippen LogP contribution in [0.4, 0.5) is 0 Å². The highest BCUT2D eigenvalue weighted by Gasteiger charge is 2.48. The van der Waals surface area contributed by atoms with Crippen molar-refractivity contribution in [3.05, 3.63) is 45.6 Å². The fourth-order valence-corrected chi connectivity index (χ4v) is 5.16. The molecule has 0 aliphatic carbocycles. The topological polar surface area (TPSA) is 271 Å². The van der Waals surface area contributed by atoms with E-state index in [1.165, 1.54) is 6.07 Å². The predicted molar refractivity (Wildman–Crippen MR) is 134 cm³/mol. The van der Waals surface area contributed by atoms with Crippen molar-refractivity contribution in [1.29, 1.82) is 0 Å². The molecule has 2 saturated heterocycles. The summed E-state index contributed by atoms with van der Waals surface area (Å²) in [5.41, 5.74) is -2.68. The summed E-state index contributed by atoms with van der Waals surface area (Å²) in [6.45, 7) is -1.39. The van der Waals surface area contributed by atoms with Crippen molar-refractivity contribution in [2.75, 3.05) is 13.2 Å². The minimum atomic E-state index is -2.00. The highest BCUT2D eigenvalue weighted by molar-refractivity contribution is 5.92. The zero-order valence-electron chi connectivity index (χ0n) is 21.0. The number of benzene rings is 2. The number of hydrogen-bond donors (Lipinski definition) is 11. The van der Waals surface area contributed by atoms with Gasteiger partial charge in [-0.1, -0.05) is 0 Å². The van der Waals surface area contributed by atoms with Gasteiger partial charge in [-0.2, -0.15) is 0 Å². The number of phenolic OH excluding ortho intramolecular Hbond substituents is 4. The molecule has 15 nitrogen and oxygen atoms in total. The first-order valence-electron chi connectivity index (χ1n) is 12.4. The van der Waals surface area contributed by atoms with E-state index < -0.39 is 119 Å². The van der Waals surface area contributed by atoms with E-state index in [4.69, 9.17) is 13.9 Å². The first-order chi connectivity index (χ1) is 19.4. The number of aliphatic hydroxyl groups is 7. The normalized spacial score (nSPS) is 32.3. The van der Waals surface area contributed by atoms with Gasteiger partial charge in [-0.3, -0.25) is 4.79 Å². The third kappa shape index (κ3) is 4.66. The van der Waals surface area contributed by atoms with Crippen molar-refractivity contribution in [3.8, 4) is 34.3 Å². The maximum atomic E-state index is 13.4. The molecular formula is C26H28O15. The van der Waals surface area contributed by atoms with Crippen LogP contribution in [0.25, 0.3) is 22.3 Å². The maximum absolute atomic E-state index is 13.4. The molecule has 41 heavy (non-hydrogen) atoms. The second-order valence-electron chi connectivity index (χ2n) is 9.96. The molecule has 1 aromatic heterocycles. The summed E-state index contributed by atoms with van der Waals surface area (Å²) in [4.78, 5) is 13.4. The molecule has 0 amide bonds. The molecule has 3 unspecified atom stereocenters. The fourth-order valence-electron chi connectivity index (χ4n) is 5.16. The van der Waals surface area contributed by atoms with Crippen LogP contribution in [0.3, 0.4) is 0 Å². The number of aromatic hydroxyl groups is 4. The van der Waals surface area contributed by atoms with E-state index >= 15 is 0 Å². The predicted octanol–water partition coefficient (Wildman–Crippen LogP) is -2.05. The second-order valence-corrected chi connectivity index (χ2v) is 9.96. The van der Waals surface area contributed by atoms with Crippen molar-refractivity contribution in [3.63, 3.8) is 0 Å². The van der Waals surface area contributed by atoms with E-state index in [1.54, 1.807) is 0 Å². The van der Waals surface area contributed by atoms with Crippen LogP contribution in [0.1, 0.15) is 23.3 Å². The third-order valence-corrected chi connectivity index (χ3v) is 7.42. The van der Waals surface area contributed by atoms with Crippen molar-refractivity contribution in [1.82, 2.24) is 0 Å². The Bertz CT molecular complexity index is 1520. The average Bonchev–Trinajstić information content (AvgIpc) is 2.93. The van der Waals surface area contributed by atoms with E-state index in [1.807, 2.05) is 0 Å². The molecule has 0 spiro atoms. The Hall–Kier alpha value is -3.51. The Labute approximate surface area is 229 Å². The minimum absolute atomic E-state index is 0.0604. The largest absolute Gasteiger partial charge is 0.507 e. The molecule has 3 heterocycles. The van der Waals surface area contributed by atoms with E-state index in [0.29, 0.717) is 0 Å². The molecule has 0 radical (unpaired) electrons. The van der Waals surface area contributed by atoms with Gasteiger partial charge in [-0.05, 0) is 18.2 Å². The van der Waals surface area contributed by atoms with E-state index in [9.17, 15) is 61.0 Å². The minimum Gasteiger partial charge on any atom is -0.507 e. The number of phenols is 4. The van der Waals surface area contributed by atoms with Crippen molar-refractivity contribution >= 4 is 11.0 Å². The number of aliphatic hydroxyl groups excluding tert-OH is 7. The van der Waals surface area contributed by atoms with Gasteiger partial charge in [0.05, 0.1) is 24.3 Å². The van der Waals surface area contributed by atoms with Gasteiger partial charge >= 0.3 is 0 Å².